The molecule has 0 amide bonds. The van der Waals surface area contributed by atoms with Crippen molar-refractivity contribution in [3.63, 3.8) is 0 Å². The minimum atomic E-state index is -0.934. The minimum Gasteiger partial charge on any atom is -0.477 e. The first-order valence-corrected chi connectivity index (χ1v) is 4.66. The molecule has 0 saturated carbocycles. The van der Waals surface area contributed by atoms with Crippen LogP contribution in [0.3, 0.4) is 0 Å². The van der Waals surface area contributed by atoms with Gasteiger partial charge in [-0.05, 0) is 18.6 Å². The molecule has 3 heteroatoms. The monoisotopic (exact) mass is 201 g/mol. The maximum absolute atomic E-state index is 10.9. The third kappa shape index (κ3) is 1.76. The zero-order valence-electron chi connectivity index (χ0n) is 8.32. The standard InChI is InChI=1S/C12H11NO2/c1-8-3-2-4-9(7-8)10-5-6-13-11(10)12(14)15/h2-7,13H,1H3,(H,14,15). The van der Waals surface area contributed by atoms with Crippen LogP contribution >= 0.6 is 0 Å². The van der Waals surface area contributed by atoms with Crippen molar-refractivity contribution < 1.29 is 9.90 Å². The predicted octanol–water partition coefficient (Wildman–Crippen LogP) is 2.69. The highest BCUT2D eigenvalue weighted by Gasteiger charge is 2.12. The fourth-order valence-corrected chi connectivity index (χ4v) is 1.60. The quantitative estimate of drug-likeness (QED) is 0.784. The van der Waals surface area contributed by atoms with Gasteiger partial charge in [-0.3, -0.25) is 0 Å². The second-order valence-electron chi connectivity index (χ2n) is 3.44. The van der Waals surface area contributed by atoms with Gasteiger partial charge in [0.2, 0.25) is 0 Å². The Hall–Kier alpha value is -2.03. The fraction of sp³-hybridized carbons (Fsp3) is 0.0833. The zero-order chi connectivity index (χ0) is 10.8. The van der Waals surface area contributed by atoms with E-state index in [2.05, 4.69) is 4.98 Å². The van der Waals surface area contributed by atoms with Crippen LogP contribution in [0.1, 0.15) is 16.1 Å². The number of aromatic amines is 1. The Morgan fingerprint density at radius 2 is 2.13 bits per heavy atom. The van der Waals surface area contributed by atoms with E-state index in [0.717, 1.165) is 16.7 Å². The summed E-state index contributed by atoms with van der Waals surface area (Å²) in [5.74, 6) is -0.934. The molecule has 0 aliphatic carbocycles. The van der Waals surface area contributed by atoms with E-state index in [-0.39, 0.29) is 5.69 Å². The smallest absolute Gasteiger partial charge is 0.352 e. The van der Waals surface area contributed by atoms with Crippen molar-refractivity contribution in [2.45, 2.75) is 6.92 Å². The number of carboxylic acids is 1. The van der Waals surface area contributed by atoms with Crippen LogP contribution in [0.4, 0.5) is 0 Å². The van der Waals surface area contributed by atoms with Gasteiger partial charge in [-0.15, -0.1) is 0 Å². The van der Waals surface area contributed by atoms with Gasteiger partial charge in [-0.1, -0.05) is 29.8 Å². The Morgan fingerprint density at radius 3 is 2.80 bits per heavy atom. The van der Waals surface area contributed by atoms with Crippen LogP contribution in [-0.2, 0) is 0 Å². The van der Waals surface area contributed by atoms with E-state index in [4.69, 9.17) is 5.11 Å². The molecule has 2 rings (SSSR count). The van der Waals surface area contributed by atoms with E-state index in [9.17, 15) is 4.79 Å². The molecular formula is C12H11NO2. The second-order valence-corrected chi connectivity index (χ2v) is 3.44. The fourth-order valence-electron chi connectivity index (χ4n) is 1.60. The van der Waals surface area contributed by atoms with E-state index in [1.165, 1.54) is 0 Å². The number of aryl methyl sites for hydroxylation is 1. The maximum Gasteiger partial charge on any atom is 0.352 e. The number of carboxylic acid groups (broad SMARTS) is 1. The first-order valence-electron chi connectivity index (χ1n) is 4.66. The van der Waals surface area contributed by atoms with Crippen LogP contribution in [0.5, 0.6) is 0 Å². The van der Waals surface area contributed by atoms with Gasteiger partial charge in [-0.25, -0.2) is 4.79 Å². The summed E-state index contributed by atoms with van der Waals surface area (Å²) < 4.78 is 0. The molecule has 1 heterocycles. The van der Waals surface area contributed by atoms with Crippen LogP contribution in [-0.4, -0.2) is 16.1 Å². The molecule has 0 saturated heterocycles. The number of hydrogen-bond donors (Lipinski definition) is 2. The number of nitrogens with one attached hydrogen (secondary N) is 1. The minimum absolute atomic E-state index is 0.237. The summed E-state index contributed by atoms with van der Waals surface area (Å²) in [5.41, 5.74) is 3.01. The third-order valence-corrected chi connectivity index (χ3v) is 2.29. The second kappa shape index (κ2) is 3.61. The number of aromatic nitrogens is 1. The van der Waals surface area contributed by atoms with Crippen LogP contribution in [0, 0.1) is 6.92 Å². The molecule has 0 radical (unpaired) electrons. The van der Waals surface area contributed by atoms with Crippen molar-refractivity contribution in [2.75, 3.05) is 0 Å². The van der Waals surface area contributed by atoms with E-state index in [0.29, 0.717) is 0 Å². The number of benzene rings is 1. The number of aromatic carboxylic acids is 1. The third-order valence-electron chi connectivity index (χ3n) is 2.29. The first-order chi connectivity index (χ1) is 7.18. The summed E-state index contributed by atoms with van der Waals surface area (Å²) in [7, 11) is 0. The van der Waals surface area contributed by atoms with Gasteiger partial charge in [0, 0.05) is 11.8 Å². The van der Waals surface area contributed by atoms with Crippen LogP contribution in [0.2, 0.25) is 0 Å². The summed E-state index contributed by atoms with van der Waals surface area (Å²) in [5, 5.41) is 8.95. The normalized spacial score (nSPS) is 10.2. The average Bonchev–Trinajstić information content (AvgIpc) is 2.65. The van der Waals surface area contributed by atoms with Crippen LogP contribution in [0.15, 0.2) is 36.5 Å². The van der Waals surface area contributed by atoms with Gasteiger partial charge in [0.15, 0.2) is 0 Å². The molecule has 76 valence electrons. The molecule has 2 N–H and O–H groups in total. The lowest BCUT2D eigenvalue weighted by molar-refractivity contribution is 0.0692. The van der Waals surface area contributed by atoms with Gasteiger partial charge in [0.25, 0.3) is 0 Å². The van der Waals surface area contributed by atoms with Crippen molar-refractivity contribution in [2.24, 2.45) is 0 Å². The van der Waals surface area contributed by atoms with Gasteiger partial charge in [-0.2, -0.15) is 0 Å². The molecule has 0 unspecified atom stereocenters. The molecule has 3 nitrogen and oxygen atoms in total. The topological polar surface area (TPSA) is 53.1 Å². The lowest BCUT2D eigenvalue weighted by atomic mass is 10.0. The largest absolute Gasteiger partial charge is 0.477 e. The lowest BCUT2D eigenvalue weighted by Gasteiger charge is -2.01. The van der Waals surface area contributed by atoms with Crippen molar-refractivity contribution >= 4 is 5.97 Å². The number of hydrogen-bond acceptors (Lipinski definition) is 1. The van der Waals surface area contributed by atoms with Crippen molar-refractivity contribution in [1.82, 2.24) is 4.98 Å². The summed E-state index contributed by atoms with van der Waals surface area (Å²) in [6.45, 7) is 1.98. The van der Waals surface area contributed by atoms with Crippen molar-refractivity contribution in [3.05, 3.63) is 47.8 Å². The Balaban J connectivity index is 2.54. The highest BCUT2D eigenvalue weighted by molar-refractivity contribution is 5.94. The van der Waals surface area contributed by atoms with Gasteiger partial charge < -0.3 is 10.1 Å². The van der Waals surface area contributed by atoms with E-state index in [1.807, 2.05) is 31.2 Å². The molecule has 0 spiro atoms. The average molecular weight is 201 g/mol. The Labute approximate surface area is 87.4 Å². The van der Waals surface area contributed by atoms with E-state index in [1.54, 1.807) is 12.3 Å². The van der Waals surface area contributed by atoms with E-state index >= 15 is 0 Å². The molecule has 1 aromatic heterocycles. The molecule has 0 atom stereocenters. The summed E-state index contributed by atoms with van der Waals surface area (Å²) in [6.07, 6.45) is 1.64. The molecule has 0 bridgehead atoms. The Morgan fingerprint density at radius 1 is 1.33 bits per heavy atom. The number of H-pyrrole nitrogens is 1. The first kappa shape index (κ1) is 9.52. The molecule has 2 aromatic rings. The van der Waals surface area contributed by atoms with Crippen molar-refractivity contribution in [3.8, 4) is 11.1 Å². The molecular weight excluding hydrogens is 190 g/mol. The predicted molar refractivity (Wildman–Crippen MR) is 57.9 cm³/mol. The summed E-state index contributed by atoms with van der Waals surface area (Å²) >= 11 is 0. The number of carbonyl (C=O) groups is 1. The zero-order valence-corrected chi connectivity index (χ0v) is 8.32. The van der Waals surface area contributed by atoms with Gasteiger partial charge in [0.1, 0.15) is 5.69 Å². The molecule has 0 aliphatic heterocycles. The SMILES string of the molecule is Cc1cccc(-c2cc[nH]c2C(=O)O)c1. The van der Waals surface area contributed by atoms with Crippen LogP contribution in [0.25, 0.3) is 11.1 Å². The maximum atomic E-state index is 10.9. The highest BCUT2D eigenvalue weighted by atomic mass is 16.4. The number of rotatable bonds is 2. The molecule has 15 heavy (non-hydrogen) atoms. The highest BCUT2D eigenvalue weighted by Crippen LogP contribution is 2.23. The Bertz CT molecular complexity index is 500. The van der Waals surface area contributed by atoms with E-state index < -0.39 is 5.97 Å². The lowest BCUT2D eigenvalue weighted by Crippen LogP contribution is -1.98. The summed E-state index contributed by atoms with van der Waals surface area (Å²) in [6, 6.07) is 9.55. The van der Waals surface area contributed by atoms with Gasteiger partial charge >= 0.3 is 5.97 Å². The summed E-state index contributed by atoms with van der Waals surface area (Å²) in [4.78, 5) is 13.6. The molecule has 1 aromatic carbocycles. The molecule has 0 aliphatic rings. The molecule has 0 fully saturated rings. The van der Waals surface area contributed by atoms with Crippen LogP contribution < -0.4 is 0 Å². The van der Waals surface area contributed by atoms with Gasteiger partial charge in [0.05, 0.1) is 0 Å². The Kier molecular flexibility index (Phi) is 2.29. The van der Waals surface area contributed by atoms with Crippen molar-refractivity contribution in [1.29, 1.82) is 0 Å².